The fourth-order valence-electron chi connectivity index (χ4n) is 3.55. The van der Waals surface area contributed by atoms with E-state index in [0.29, 0.717) is 17.3 Å². The zero-order chi connectivity index (χ0) is 10.6. The zero-order valence-corrected chi connectivity index (χ0v) is 9.03. The van der Waals surface area contributed by atoms with Crippen LogP contribution in [0.2, 0.25) is 0 Å². The molecule has 2 aliphatic rings. The van der Waals surface area contributed by atoms with Crippen LogP contribution in [0.1, 0.15) is 26.7 Å². The van der Waals surface area contributed by atoms with Gasteiger partial charge in [0.15, 0.2) is 0 Å². The van der Waals surface area contributed by atoms with E-state index < -0.39 is 5.60 Å². The highest BCUT2D eigenvalue weighted by molar-refractivity contribution is 5.18. The minimum absolute atomic E-state index is 0.00579. The summed E-state index contributed by atoms with van der Waals surface area (Å²) in [6, 6.07) is 0. The lowest BCUT2D eigenvalue weighted by atomic mass is 9.75. The van der Waals surface area contributed by atoms with Crippen molar-refractivity contribution in [3.63, 3.8) is 0 Å². The minimum Gasteiger partial charge on any atom is -0.396 e. The van der Waals surface area contributed by atoms with E-state index in [9.17, 15) is 10.2 Å². The minimum atomic E-state index is -0.830. The highest BCUT2D eigenvalue weighted by Crippen LogP contribution is 2.68. The molecule has 2 heteroatoms. The van der Waals surface area contributed by atoms with Gasteiger partial charge < -0.3 is 10.2 Å². The van der Waals surface area contributed by atoms with Crippen molar-refractivity contribution in [2.45, 2.75) is 32.3 Å². The number of rotatable bonds is 2. The lowest BCUT2D eigenvalue weighted by Gasteiger charge is -2.36. The summed E-state index contributed by atoms with van der Waals surface area (Å²) in [6.07, 6.45) is 3.45. The van der Waals surface area contributed by atoms with Gasteiger partial charge in [-0.1, -0.05) is 19.9 Å². The van der Waals surface area contributed by atoms with E-state index in [1.165, 1.54) is 0 Å². The van der Waals surface area contributed by atoms with Crippen LogP contribution in [-0.4, -0.2) is 22.4 Å². The van der Waals surface area contributed by atoms with Crippen LogP contribution in [0.25, 0.3) is 0 Å². The van der Waals surface area contributed by atoms with Gasteiger partial charge in [-0.2, -0.15) is 0 Å². The predicted octanol–water partition coefficient (Wildman–Crippen LogP) is 1.58. The van der Waals surface area contributed by atoms with Gasteiger partial charge in [-0.05, 0) is 30.1 Å². The van der Waals surface area contributed by atoms with Crippen LogP contribution < -0.4 is 0 Å². The van der Waals surface area contributed by atoms with Gasteiger partial charge in [-0.15, -0.1) is 6.58 Å². The Labute approximate surface area is 85.6 Å². The average Bonchev–Trinajstić information content (AvgIpc) is 2.69. The van der Waals surface area contributed by atoms with Crippen LogP contribution in [-0.2, 0) is 0 Å². The molecule has 0 aliphatic heterocycles. The van der Waals surface area contributed by atoms with E-state index in [1.54, 1.807) is 6.08 Å². The van der Waals surface area contributed by atoms with Crippen molar-refractivity contribution in [1.82, 2.24) is 0 Å². The Balaban J connectivity index is 2.24. The van der Waals surface area contributed by atoms with Gasteiger partial charge in [0.25, 0.3) is 0 Å². The molecule has 14 heavy (non-hydrogen) atoms. The van der Waals surface area contributed by atoms with Gasteiger partial charge in [0.1, 0.15) is 0 Å². The van der Waals surface area contributed by atoms with Crippen LogP contribution in [0.3, 0.4) is 0 Å². The maximum atomic E-state index is 10.3. The van der Waals surface area contributed by atoms with Crippen molar-refractivity contribution >= 4 is 0 Å². The molecule has 4 atom stereocenters. The second kappa shape index (κ2) is 2.83. The first-order chi connectivity index (χ1) is 6.47. The summed E-state index contributed by atoms with van der Waals surface area (Å²) in [6.45, 7) is 8.24. The van der Waals surface area contributed by atoms with Crippen molar-refractivity contribution < 1.29 is 10.2 Å². The predicted molar refractivity (Wildman–Crippen MR) is 55.7 cm³/mol. The monoisotopic (exact) mass is 196 g/mol. The number of fused-ring (bicyclic) bond motifs is 1. The van der Waals surface area contributed by atoms with Gasteiger partial charge in [0.05, 0.1) is 5.60 Å². The van der Waals surface area contributed by atoms with Crippen molar-refractivity contribution in [1.29, 1.82) is 0 Å². The summed E-state index contributed by atoms with van der Waals surface area (Å²) >= 11 is 0. The van der Waals surface area contributed by atoms with Crippen LogP contribution >= 0.6 is 0 Å². The van der Waals surface area contributed by atoms with Gasteiger partial charge in [0.2, 0.25) is 0 Å². The average molecular weight is 196 g/mol. The molecule has 0 aromatic heterocycles. The van der Waals surface area contributed by atoms with Crippen molar-refractivity contribution in [2.75, 3.05) is 6.61 Å². The Morgan fingerprint density at radius 2 is 2.14 bits per heavy atom. The number of aliphatic hydroxyl groups is 2. The van der Waals surface area contributed by atoms with Crippen molar-refractivity contribution in [3.05, 3.63) is 12.7 Å². The largest absolute Gasteiger partial charge is 0.396 e. The van der Waals surface area contributed by atoms with E-state index in [4.69, 9.17) is 0 Å². The van der Waals surface area contributed by atoms with Crippen LogP contribution in [0.15, 0.2) is 12.7 Å². The number of hydrogen-bond acceptors (Lipinski definition) is 2. The maximum Gasteiger partial charge on any atom is 0.0878 e. The molecular weight excluding hydrogens is 176 g/mol. The lowest BCUT2D eigenvalue weighted by Crippen LogP contribution is -2.42. The standard InChI is InChI=1S/C12H20O2/c1-4-12(14)6-5-8-10(9(12)7-13)11(8,2)3/h4,8-10,13-14H,1,5-7H2,2-3H3. The van der Waals surface area contributed by atoms with E-state index >= 15 is 0 Å². The molecule has 2 rings (SSSR count). The molecule has 2 aliphatic carbocycles. The van der Waals surface area contributed by atoms with Gasteiger partial charge in [0, 0.05) is 12.5 Å². The summed E-state index contributed by atoms with van der Waals surface area (Å²) in [7, 11) is 0. The summed E-state index contributed by atoms with van der Waals surface area (Å²) in [4.78, 5) is 0. The Bertz CT molecular complexity index is 259. The van der Waals surface area contributed by atoms with E-state index in [0.717, 1.165) is 12.8 Å². The first-order valence-electron chi connectivity index (χ1n) is 5.44. The van der Waals surface area contributed by atoms with Crippen molar-refractivity contribution in [2.24, 2.45) is 23.2 Å². The quantitative estimate of drug-likeness (QED) is 0.658. The molecule has 2 N–H and O–H groups in total. The molecule has 0 aromatic rings. The molecule has 2 fully saturated rings. The normalized spacial score (nSPS) is 49.6. The highest BCUT2D eigenvalue weighted by Gasteiger charge is 2.66. The summed E-state index contributed by atoms with van der Waals surface area (Å²) in [5.74, 6) is 1.16. The summed E-state index contributed by atoms with van der Waals surface area (Å²) < 4.78 is 0. The molecule has 0 spiro atoms. The number of aliphatic hydroxyl groups excluding tert-OH is 1. The van der Waals surface area contributed by atoms with E-state index in [1.807, 2.05) is 0 Å². The first-order valence-corrected chi connectivity index (χ1v) is 5.44. The molecule has 2 nitrogen and oxygen atoms in total. The molecule has 0 bridgehead atoms. The Morgan fingerprint density at radius 1 is 1.50 bits per heavy atom. The maximum absolute atomic E-state index is 10.3. The van der Waals surface area contributed by atoms with Crippen LogP contribution in [0.4, 0.5) is 0 Å². The summed E-state index contributed by atoms with van der Waals surface area (Å²) in [5.41, 5.74) is -0.523. The zero-order valence-electron chi connectivity index (χ0n) is 9.03. The molecule has 0 amide bonds. The van der Waals surface area contributed by atoms with Crippen LogP contribution in [0, 0.1) is 23.2 Å². The fourth-order valence-corrected chi connectivity index (χ4v) is 3.55. The molecular formula is C12H20O2. The molecule has 0 radical (unpaired) electrons. The second-order valence-electron chi connectivity index (χ2n) is 5.48. The molecule has 0 heterocycles. The molecule has 2 saturated carbocycles. The first kappa shape index (κ1) is 10.2. The molecule has 0 aromatic carbocycles. The van der Waals surface area contributed by atoms with Crippen LogP contribution in [0.5, 0.6) is 0 Å². The second-order valence-corrected chi connectivity index (χ2v) is 5.48. The SMILES string of the molecule is C=CC1(O)CCC2C(C1CO)C2(C)C. The van der Waals surface area contributed by atoms with E-state index in [2.05, 4.69) is 20.4 Å². The smallest absolute Gasteiger partial charge is 0.0878 e. The lowest BCUT2D eigenvalue weighted by molar-refractivity contribution is -0.0362. The third-order valence-electron chi connectivity index (χ3n) is 4.62. The Morgan fingerprint density at radius 3 is 2.64 bits per heavy atom. The third-order valence-corrected chi connectivity index (χ3v) is 4.62. The van der Waals surface area contributed by atoms with Gasteiger partial charge in [-0.3, -0.25) is 0 Å². The molecule has 80 valence electrons. The Kier molecular flexibility index (Phi) is 2.06. The summed E-state index contributed by atoms with van der Waals surface area (Å²) in [5, 5.41) is 19.7. The fraction of sp³-hybridized carbons (Fsp3) is 0.833. The van der Waals surface area contributed by atoms with E-state index in [-0.39, 0.29) is 12.5 Å². The number of hydrogen-bond donors (Lipinski definition) is 2. The highest BCUT2D eigenvalue weighted by atomic mass is 16.3. The molecule has 0 saturated heterocycles. The van der Waals surface area contributed by atoms with Gasteiger partial charge >= 0.3 is 0 Å². The van der Waals surface area contributed by atoms with Crippen molar-refractivity contribution in [3.8, 4) is 0 Å². The molecule has 4 unspecified atom stereocenters. The topological polar surface area (TPSA) is 40.5 Å². The Hall–Kier alpha value is -0.340. The third kappa shape index (κ3) is 1.10. The van der Waals surface area contributed by atoms with Gasteiger partial charge in [-0.25, -0.2) is 0 Å².